The molecule has 0 saturated heterocycles. The van der Waals surface area contributed by atoms with Crippen molar-refractivity contribution in [3.05, 3.63) is 0 Å². The van der Waals surface area contributed by atoms with Gasteiger partial charge >= 0.3 is 5.97 Å². The lowest BCUT2D eigenvalue weighted by Gasteiger charge is -2.41. The highest BCUT2D eigenvalue weighted by molar-refractivity contribution is 7.89. The van der Waals surface area contributed by atoms with Crippen LogP contribution in [-0.4, -0.2) is 54.4 Å². The molecule has 2 bridgehead atoms. The Balaban J connectivity index is 2.36. The van der Waals surface area contributed by atoms with Gasteiger partial charge in [-0.2, -0.15) is 4.31 Å². The predicted molar refractivity (Wildman–Crippen MR) is 118 cm³/mol. The van der Waals surface area contributed by atoms with Gasteiger partial charge in [-0.05, 0) is 79.1 Å². The summed E-state index contributed by atoms with van der Waals surface area (Å²) in [5.74, 6) is 0.101. The molecule has 0 aromatic rings. The molecule has 2 atom stereocenters. The van der Waals surface area contributed by atoms with Crippen LogP contribution < -0.4 is 0 Å². The summed E-state index contributed by atoms with van der Waals surface area (Å²) in [5.41, 5.74) is -0.338. The summed E-state index contributed by atoms with van der Waals surface area (Å²) in [5, 5.41) is 0. The maximum atomic E-state index is 13.5. The number of rotatable bonds is 7. The molecule has 0 amide bonds. The van der Waals surface area contributed by atoms with Gasteiger partial charge in [0.15, 0.2) is 0 Å². The van der Waals surface area contributed by atoms with Gasteiger partial charge in [-0.1, -0.05) is 13.8 Å². The van der Waals surface area contributed by atoms with Gasteiger partial charge in [-0.15, -0.1) is 0 Å². The largest absolute Gasteiger partial charge is 0.459 e. The van der Waals surface area contributed by atoms with Crippen LogP contribution in [0.2, 0.25) is 0 Å². The summed E-state index contributed by atoms with van der Waals surface area (Å²) < 4.78 is 34.0. The van der Waals surface area contributed by atoms with Crippen molar-refractivity contribution in [3.8, 4) is 0 Å². The zero-order valence-corrected chi connectivity index (χ0v) is 20.5. The summed E-state index contributed by atoms with van der Waals surface area (Å²) in [7, 11) is -3.48. The maximum Gasteiger partial charge on any atom is 0.328 e. The van der Waals surface area contributed by atoms with Crippen LogP contribution in [0.1, 0.15) is 81.6 Å². The lowest BCUT2D eigenvalue weighted by Crippen LogP contribution is -2.50. The van der Waals surface area contributed by atoms with Gasteiger partial charge < -0.3 is 4.74 Å². The Bertz CT molecular complexity index is 754. The Kier molecular flexibility index (Phi) is 6.67. The number of nitrogens with zero attached hydrogens (tertiary/aromatic N) is 2. The first kappa shape index (κ1) is 24.3. The highest BCUT2D eigenvalue weighted by Gasteiger charge is 2.64. The molecule has 6 nitrogen and oxygen atoms in total. The first-order valence-electron chi connectivity index (χ1n) is 10.8. The van der Waals surface area contributed by atoms with Crippen molar-refractivity contribution in [2.45, 2.75) is 99.3 Å². The van der Waals surface area contributed by atoms with E-state index in [-0.39, 0.29) is 35.8 Å². The molecule has 2 aliphatic rings. The topological polar surface area (TPSA) is 76.0 Å². The molecular formula is C22H40N2O4S. The van der Waals surface area contributed by atoms with Crippen molar-refractivity contribution in [1.29, 1.82) is 0 Å². The first-order chi connectivity index (χ1) is 13.0. The van der Waals surface area contributed by atoms with E-state index in [1.807, 2.05) is 48.5 Å². The highest BCUT2D eigenvalue weighted by atomic mass is 32.2. The molecule has 2 rings (SSSR count). The van der Waals surface area contributed by atoms with Crippen molar-refractivity contribution in [2.24, 2.45) is 21.7 Å². The molecule has 0 aromatic heterocycles. The average Bonchev–Trinajstić information content (AvgIpc) is 2.83. The molecule has 2 fully saturated rings. The summed E-state index contributed by atoms with van der Waals surface area (Å²) in [6, 6.07) is -0.194. The molecule has 0 heterocycles. The molecule has 2 saturated carbocycles. The number of aliphatic imine (C=N–C) groups is 1. The molecule has 29 heavy (non-hydrogen) atoms. The quantitative estimate of drug-likeness (QED) is 0.573. The van der Waals surface area contributed by atoms with E-state index in [0.29, 0.717) is 5.92 Å². The van der Waals surface area contributed by atoms with Crippen molar-refractivity contribution in [3.63, 3.8) is 0 Å². The van der Waals surface area contributed by atoms with E-state index in [4.69, 9.17) is 4.74 Å². The van der Waals surface area contributed by atoms with Crippen LogP contribution >= 0.6 is 0 Å². The molecule has 0 spiro atoms. The van der Waals surface area contributed by atoms with Gasteiger partial charge in [-0.3, -0.25) is 9.79 Å². The lowest BCUT2D eigenvalue weighted by molar-refractivity contribution is -0.152. The number of esters is 1. The van der Waals surface area contributed by atoms with Crippen molar-refractivity contribution in [2.75, 3.05) is 12.3 Å². The lowest BCUT2D eigenvalue weighted by atomic mass is 9.70. The van der Waals surface area contributed by atoms with Crippen molar-refractivity contribution < 1.29 is 17.9 Å². The van der Waals surface area contributed by atoms with Crippen LogP contribution in [0.4, 0.5) is 0 Å². The van der Waals surface area contributed by atoms with Crippen LogP contribution in [-0.2, 0) is 19.6 Å². The van der Waals surface area contributed by atoms with Gasteiger partial charge in [0.25, 0.3) is 0 Å². The van der Waals surface area contributed by atoms with Crippen LogP contribution in [0.3, 0.4) is 0 Å². The molecular weight excluding hydrogens is 388 g/mol. The first-order valence-corrected chi connectivity index (χ1v) is 12.4. The van der Waals surface area contributed by atoms with E-state index in [1.165, 1.54) is 0 Å². The molecule has 0 unspecified atom stereocenters. The Morgan fingerprint density at radius 3 is 2.21 bits per heavy atom. The molecule has 2 aliphatic carbocycles. The van der Waals surface area contributed by atoms with Gasteiger partial charge in [0.2, 0.25) is 10.0 Å². The van der Waals surface area contributed by atoms with E-state index < -0.39 is 21.0 Å². The van der Waals surface area contributed by atoms with Gasteiger partial charge in [0.1, 0.15) is 12.1 Å². The molecule has 7 heteroatoms. The van der Waals surface area contributed by atoms with Crippen LogP contribution in [0, 0.1) is 16.7 Å². The Morgan fingerprint density at radius 1 is 1.21 bits per heavy atom. The van der Waals surface area contributed by atoms with Crippen molar-refractivity contribution in [1.82, 2.24) is 4.31 Å². The van der Waals surface area contributed by atoms with Gasteiger partial charge in [0, 0.05) is 23.2 Å². The molecule has 0 radical (unpaired) electrons. The smallest absolute Gasteiger partial charge is 0.328 e. The number of carbonyl (C=O) groups is 1. The van der Waals surface area contributed by atoms with E-state index in [2.05, 4.69) is 18.8 Å². The van der Waals surface area contributed by atoms with Crippen LogP contribution in [0.25, 0.3) is 0 Å². The zero-order valence-electron chi connectivity index (χ0n) is 19.7. The van der Waals surface area contributed by atoms with Crippen molar-refractivity contribution >= 4 is 21.7 Å². The third-order valence-electron chi connectivity index (χ3n) is 6.75. The highest BCUT2D eigenvalue weighted by Crippen LogP contribution is 2.64. The second-order valence-corrected chi connectivity index (χ2v) is 12.7. The maximum absolute atomic E-state index is 13.5. The standard InChI is InChI=1S/C22H40N2O4S/c1-15(2)24(16(3)4)29(26,27)14-22-11-10-17(21(22,8)9)12-18(22)23-13-19(25)28-20(5,6)7/h15-17H,10-14H2,1-9H3/t17-,22-/m1/s1. The third kappa shape index (κ3) is 4.71. The average molecular weight is 429 g/mol. The Labute approximate surface area is 177 Å². The molecule has 0 aliphatic heterocycles. The normalized spacial score (nSPS) is 28.1. The fraction of sp³-hybridized carbons (Fsp3) is 0.909. The number of sulfonamides is 1. The second kappa shape index (κ2) is 7.95. The fourth-order valence-corrected chi connectivity index (χ4v) is 8.25. The minimum Gasteiger partial charge on any atom is -0.459 e. The number of carbonyl (C=O) groups excluding carboxylic acids is 1. The number of hydrogen-bond acceptors (Lipinski definition) is 5. The molecule has 0 aromatic carbocycles. The third-order valence-corrected chi connectivity index (χ3v) is 9.10. The van der Waals surface area contributed by atoms with E-state index in [0.717, 1.165) is 25.0 Å². The Hall–Kier alpha value is -0.950. The fourth-order valence-electron chi connectivity index (χ4n) is 5.51. The zero-order chi connectivity index (χ0) is 22.4. The van der Waals surface area contributed by atoms with E-state index in [9.17, 15) is 13.2 Å². The second-order valence-electron chi connectivity index (χ2n) is 10.9. The molecule has 168 valence electrons. The summed E-state index contributed by atoms with van der Waals surface area (Å²) in [6.07, 6.45) is 2.59. The summed E-state index contributed by atoms with van der Waals surface area (Å²) in [4.78, 5) is 16.9. The van der Waals surface area contributed by atoms with E-state index >= 15 is 0 Å². The SMILES string of the molecule is CC(C)N(C(C)C)S(=O)(=O)C[C@]12CC[C@H](CC1=NCC(=O)OC(C)(C)C)C2(C)C. The van der Waals surface area contributed by atoms with Gasteiger partial charge in [-0.25, -0.2) is 8.42 Å². The van der Waals surface area contributed by atoms with E-state index in [1.54, 1.807) is 4.31 Å². The Morgan fingerprint density at radius 2 is 1.76 bits per heavy atom. The summed E-state index contributed by atoms with van der Waals surface area (Å²) >= 11 is 0. The number of ether oxygens (including phenoxy) is 1. The minimum atomic E-state index is -3.48. The number of hydrogen-bond donors (Lipinski definition) is 0. The molecule has 0 N–H and O–H groups in total. The summed E-state index contributed by atoms with van der Waals surface area (Å²) in [6.45, 7) is 17.5. The number of fused-ring (bicyclic) bond motifs is 2. The monoisotopic (exact) mass is 428 g/mol. The minimum absolute atomic E-state index is 0.0464. The van der Waals surface area contributed by atoms with Crippen LogP contribution in [0.5, 0.6) is 0 Å². The predicted octanol–water partition coefficient (Wildman–Crippen LogP) is 4.04. The van der Waals surface area contributed by atoms with Gasteiger partial charge in [0.05, 0.1) is 5.75 Å². The van der Waals surface area contributed by atoms with Crippen LogP contribution in [0.15, 0.2) is 4.99 Å².